The highest BCUT2D eigenvalue weighted by molar-refractivity contribution is 5.55. The van der Waals surface area contributed by atoms with E-state index in [2.05, 4.69) is 64.8 Å². The lowest BCUT2D eigenvalue weighted by Gasteiger charge is -2.27. The van der Waals surface area contributed by atoms with Crippen LogP contribution in [0.15, 0.2) is 18.2 Å². The molecule has 102 valence electrons. The van der Waals surface area contributed by atoms with Gasteiger partial charge in [0.1, 0.15) is 0 Å². The lowest BCUT2D eigenvalue weighted by Crippen LogP contribution is -2.36. The Labute approximate surface area is 112 Å². The van der Waals surface area contributed by atoms with Gasteiger partial charge in [-0.2, -0.15) is 0 Å². The van der Waals surface area contributed by atoms with Gasteiger partial charge in [0, 0.05) is 24.8 Å². The molecule has 0 saturated heterocycles. The molecule has 0 heterocycles. The zero-order chi connectivity index (χ0) is 13.9. The van der Waals surface area contributed by atoms with Gasteiger partial charge in [-0.05, 0) is 50.3 Å². The van der Waals surface area contributed by atoms with Crippen molar-refractivity contribution in [3.63, 3.8) is 0 Å². The maximum absolute atomic E-state index is 6.05. The van der Waals surface area contributed by atoms with Gasteiger partial charge in [0.25, 0.3) is 0 Å². The van der Waals surface area contributed by atoms with Crippen LogP contribution in [0.2, 0.25) is 0 Å². The number of benzene rings is 1. The third kappa shape index (κ3) is 4.34. The molecular weight excluding hydrogens is 220 g/mol. The fourth-order valence-electron chi connectivity index (χ4n) is 1.97. The van der Waals surface area contributed by atoms with Crippen LogP contribution >= 0.6 is 0 Å². The van der Waals surface area contributed by atoms with Crippen LogP contribution in [0.1, 0.15) is 51.2 Å². The molecule has 0 bridgehead atoms. The van der Waals surface area contributed by atoms with Gasteiger partial charge in [0.05, 0.1) is 0 Å². The lowest BCUT2D eigenvalue weighted by atomic mass is 9.99. The number of nitrogens with two attached hydrogens (primary N) is 1. The summed E-state index contributed by atoms with van der Waals surface area (Å²) in [6.45, 7) is 11.8. The second-order valence-corrected chi connectivity index (χ2v) is 6.36. The average molecular weight is 248 g/mol. The number of rotatable bonds is 5. The highest BCUT2D eigenvalue weighted by Crippen LogP contribution is 2.25. The van der Waals surface area contributed by atoms with Gasteiger partial charge in [0.2, 0.25) is 0 Å². The maximum atomic E-state index is 6.05. The Morgan fingerprint density at radius 3 is 2.39 bits per heavy atom. The fraction of sp³-hybridized carbons (Fsp3) is 0.625. The standard InChI is InChI=1S/C16H28N2/c1-12(2)14-8-7-13(3)15(11-14)18(6)10-9-16(4,5)17/h7-8,11-12H,9-10,17H2,1-6H3. The summed E-state index contributed by atoms with van der Waals surface area (Å²) in [5.74, 6) is 0.573. The van der Waals surface area contributed by atoms with Crippen LogP contribution in [0.4, 0.5) is 5.69 Å². The predicted molar refractivity (Wildman–Crippen MR) is 81.4 cm³/mol. The summed E-state index contributed by atoms with van der Waals surface area (Å²) < 4.78 is 0. The van der Waals surface area contributed by atoms with Gasteiger partial charge in [-0.1, -0.05) is 26.0 Å². The number of aryl methyl sites for hydroxylation is 1. The van der Waals surface area contributed by atoms with E-state index in [0.717, 1.165) is 13.0 Å². The summed E-state index contributed by atoms with van der Waals surface area (Å²) in [4.78, 5) is 2.32. The molecule has 0 aliphatic rings. The van der Waals surface area contributed by atoms with Gasteiger partial charge in [-0.25, -0.2) is 0 Å². The highest BCUT2D eigenvalue weighted by Gasteiger charge is 2.13. The van der Waals surface area contributed by atoms with Crippen LogP contribution in [0.3, 0.4) is 0 Å². The summed E-state index contributed by atoms with van der Waals surface area (Å²) in [7, 11) is 2.15. The summed E-state index contributed by atoms with van der Waals surface area (Å²) in [6, 6.07) is 6.75. The molecule has 0 radical (unpaired) electrons. The monoisotopic (exact) mass is 248 g/mol. The van der Waals surface area contributed by atoms with E-state index in [0.29, 0.717) is 5.92 Å². The van der Waals surface area contributed by atoms with Crippen LogP contribution < -0.4 is 10.6 Å². The van der Waals surface area contributed by atoms with Gasteiger partial charge in [-0.15, -0.1) is 0 Å². The summed E-state index contributed by atoms with van der Waals surface area (Å²) in [6.07, 6.45) is 0.995. The van der Waals surface area contributed by atoms with Gasteiger partial charge in [0.15, 0.2) is 0 Å². The molecule has 0 aliphatic carbocycles. The Balaban J connectivity index is 2.84. The van der Waals surface area contributed by atoms with E-state index in [9.17, 15) is 0 Å². The highest BCUT2D eigenvalue weighted by atomic mass is 15.1. The molecule has 0 unspecified atom stereocenters. The van der Waals surface area contributed by atoms with Crippen molar-refractivity contribution in [3.05, 3.63) is 29.3 Å². The van der Waals surface area contributed by atoms with Crippen LogP contribution in [0.25, 0.3) is 0 Å². The molecule has 0 atom stereocenters. The molecule has 2 heteroatoms. The lowest BCUT2D eigenvalue weighted by molar-refractivity contribution is 0.479. The maximum Gasteiger partial charge on any atom is 0.0396 e. The van der Waals surface area contributed by atoms with Crippen molar-refractivity contribution >= 4 is 5.69 Å². The minimum atomic E-state index is -0.0994. The molecule has 1 aromatic rings. The van der Waals surface area contributed by atoms with Crippen LogP contribution in [-0.2, 0) is 0 Å². The Bertz CT molecular complexity index is 389. The van der Waals surface area contributed by atoms with Crippen molar-refractivity contribution < 1.29 is 0 Å². The first kappa shape index (κ1) is 15.0. The molecule has 0 saturated carbocycles. The molecule has 0 aromatic heterocycles. The number of hydrogen-bond acceptors (Lipinski definition) is 2. The molecular formula is C16H28N2. The van der Waals surface area contributed by atoms with Crippen molar-refractivity contribution in [1.29, 1.82) is 0 Å². The summed E-state index contributed by atoms with van der Waals surface area (Å²) >= 11 is 0. The third-order valence-corrected chi connectivity index (χ3v) is 3.40. The molecule has 0 spiro atoms. The molecule has 0 amide bonds. The van der Waals surface area contributed by atoms with Crippen LogP contribution in [-0.4, -0.2) is 19.1 Å². The van der Waals surface area contributed by atoms with Crippen LogP contribution in [0.5, 0.6) is 0 Å². The Morgan fingerprint density at radius 1 is 1.28 bits per heavy atom. The van der Waals surface area contributed by atoms with Crippen molar-refractivity contribution in [2.75, 3.05) is 18.5 Å². The number of hydrogen-bond donors (Lipinski definition) is 1. The van der Waals surface area contributed by atoms with E-state index < -0.39 is 0 Å². The number of nitrogens with zero attached hydrogens (tertiary/aromatic N) is 1. The molecule has 2 nitrogen and oxygen atoms in total. The molecule has 1 rings (SSSR count). The molecule has 0 aliphatic heterocycles. The average Bonchev–Trinajstić information content (AvgIpc) is 2.25. The van der Waals surface area contributed by atoms with Gasteiger partial charge >= 0.3 is 0 Å². The zero-order valence-electron chi connectivity index (χ0n) is 12.7. The summed E-state index contributed by atoms with van der Waals surface area (Å²) in [5.41, 5.74) is 10.0. The van der Waals surface area contributed by atoms with Crippen molar-refractivity contribution in [3.8, 4) is 0 Å². The van der Waals surface area contributed by atoms with Crippen molar-refractivity contribution in [1.82, 2.24) is 0 Å². The summed E-state index contributed by atoms with van der Waals surface area (Å²) in [5, 5.41) is 0. The fourth-order valence-corrected chi connectivity index (χ4v) is 1.97. The minimum absolute atomic E-state index is 0.0994. The first-order valence-electron chi connectivity index (χ1n) is 6.81. The number of anilines is 1. The normalized spacial score (nSPS) is 12.0. The predicted octanol–water partition coefficient (Wildman–Crippen LogP) is 3.68. The first-order valence-corrected chi connectivity index (χ1v) is 6.81. The van der Waals surface area contributed by atoms with E-state index in [1.165, 1.54) is 16.8 Å². The Hall–Kier alpha value is -1.02. The van der Waals surface area contributed by atoms with Gasteiger partial charge < -0.3 is 10.6 Å². The van der Waals surface area contributed by atoms with Crippen molar-refractivity contribution in [2.24, 2.45) is 5.73 Å². The van der Waals surface area contributed by atoms with E-state index in [4.69, 9.17) is 5.73 Å². The second-order valence-electron chi connectivity index (χ2n) is 6.36. The molecule has 18 heavy (non-hydrogen) atoms. The van der Waals surface area contributed by atoms with Crippen molar-refractivity contribution in [2.45, 2.75) is 52.5 Å². The second kappa shape index (κ2) is 5.75. The van der Waals surface area contributed by atoms with Crippen LogP contribution in [0, 0.1) is 6.92 Å². The SMILES string of the molecule is Cc1ccc(C(C)C)cc1N(C)CCC(C)(C)N. The first-order chi connectivity index (χ1) is 8.20. The molecule has 2 N–H and O–H groups in total. The smallest absolute Gasteiger partial charge is 0.0396 e. The Morgan fingerprint density at radius 2 is 1.89 bits per heavy atom. The minimum Gasteiger partial charge on any atom is -0.374 e. The van der Waals surface area contributed by atoms with E-state index >= 15 is 0 Å². The quantitative estimate of drug-likeness (QED) is 0.861. The largest absolute Gasteiger partial charge is 0.374 e. The van der Waals surface area contributed by atoms with E-state index in [1.54, 1.807) is 0 Å². The molecule has 0 fully saturated rings. The van der Waals surface area contributed by atoms with Gasteiger partial charge in [-0.3, -0.25) is 0 Å². The van der Waals surface area contributed by atoms with E-state index in [1.807, 2.05) is 0 Å². The molecule has 1 aromatic carbocycles. The Kier molecular flexibility index (Phi) is 4.80. The zero-order valence-corrected chi connectivity index (χ0v) is 12.7. The topological polar surface area (TPSA) is 29.3 Å². The van der Waals surface area contributed by atoms with E-state index in [-0.39, 0.29) is 5.54 Å². The third-order valence-electron chi connectivity index (χ3n) is 3.40.